The molecule has 3 heteroatoms. The minimum atomic E-state index is 0.254. The molecule has 0 radical (unpaired) electrons. The Morgan fingerprint density at radius 3 is 2.56 bits per heavy atom. The zero-order valence-electron chi connectivity index (χ0n) is 10.5. The molecule has 0 saturated carbocycles. The first-order chi connectivity index (χ1) is 8.84. The second-order valence-electron chi connectivity index (χ2n) is 4.94. The van der Waals surface area contributed by atoms with Crippen LogP contribution in [0.25, 0.3) is 0 Å². The van der Waals surface area contributed by atoms with Crippen LogP contribution in [0.2, 0.25) is 0 Å². The summed E-state index contributed by atoms with van der Waals surface area (Å²) in [7, 11) is 0. The quantitative estimate of drug-likeness (QED) is 0.707. The third-order valence-corrected chi connectivity index (χ3v) is 3.68. The van der Waals surface area contributed by atoms with Crippen molar-refractivity contribution < 1.29 is 4.79 Å². The fraction of sp³-hybridized carbons (Fsp3) is 0.400. The Morgan fingerprint density at radius 1 is 0.944 bits per heavy atom. The largest absolute Gasteiger partial charge is 0.279 e. The molecule has 0 aliphatic carbocycles. The Kier molecular flexibility index (Phi) is 3.05. The molecule has 1 saturated heterocycles. The molecule has 0 N–H and O–H groups in total. The topological polar surface area (TPSA) is 23.6 Å². The van der Waals surface area contributed by atoms with Crippen LogP contribution in [0.4, 0.5) is 5.69 Å². The van der Waals surface area contributed by atoms with Crippen LogP contribution >= 0.6 is 0 Å². The van der Waals surface area contributed by atoms with Crippen LogP contribution in [0, 0.1) is 0 Å². The molecule has 3 rings (SSSR count). The number of hydrogen-bond acceptors (Lipinski definition) is 2. The molecule has 2 bridgehead atoms. The van der Waals surface area contributed by atoms with Crippen LogP contribution in [-0.4, -0.2) is 24.0 Å². The maximum atomic E-state index is 12.2. The Bertz CT molecular complexity index is 467. The van der Waals surface area contributed by atoms with Crippen LogP contribution < -0.4 is 5.01 Å². The van der Waals surface area contributed by atoms with E-state index < -0.39 is 0 Å². The number of para-hydroxylation sites is 1. The van der Waals surface area contributed by atoms with Crippen molar-refractivity contribution >= 4 is 11.6 Å². The van der Waals surface area contributed by atoms with Crippen molar-refractivity contribution in [3.8, 4) is 0 Å². The number of carbonyl (C=O) groups is 1. The standard InChI is InChI=1S/C15H18N2O/c18-15-9-5-4-6-13-10-11-16(17(15)12-13)14-7-2-1-3-8-14/h1-3,7-8,10H,4-6,9,11-12H2. The van der Waals surface area contributed by atoms with E-state index in [9.17, 15) is 4.79 Å². The van der Waals surface area contributed by atoms with Gasteiger partial charge in [-0.15, -0.1) is 0 Å². The van der Waals surface area contributed by atoms with Gasteiger partial charge in [-0.2, -0.15) is 0 Å². The molecule has 2 aliphatic heterocycles. The van der Waals surface area contributed by atoms with Crippen molar-refractivity contribution in [1.82, 2.24) is 5.01 Å². The molecule has 0 unspecified atom stereocenters. The van der Waals surface area contributed by atoms with Crippen LogP contribution in [0.3, 0.4) is 0 Å². The molecule has 2 aliphatic rings. The SMILES string of the molecule is O=C1CCCCC2=CCN(c3ccccc3)N1C2. The third kappa shape index (κ3) is 2.13. The number of hydrogen-bond donors (Lipinski definition) is 0. The van der Waals surface area contributed by atoms with E-state index in [0.29, 0.717) is 6.42 Å². The summed E-state index contributed by atoms with van der Waals surface area (Å²) in [5.74, 6) is 0.254. The Hall–Kier alpha value is -1.77. The molecule has 1 fully saturated rings. The lowest BCUT2D eigenvalue weighted by atomic mass is 10.0. The predicted octanol–water partition coefficient (Wildman–Crippen LogP) is 2.75. The second kappa shape index (κ2) is 4.84. The van der Waals surface area contributed by atoms with Gasteiger partial charge in [0, 0.05) is 6.42 Å². The minimum absolute atomic E-state index is 0.254. The fourth-order valence-electron chi connectivity index (χ4n) is 2.66. The predicted molar refractivity (Wildman–Crippen MR) is 72.1 cm³/mol. The molecule has 3 nitrogen and oxygen atoms in total. The van der Waals surface area contributed by atoms with Gasteiger partial charge in [-0.3, -0.25) is 9.80 Å². The first-order valence-corrected chi connectivity index (χ1v) is 6.65. The smallest absolute Gasteiger partial charge is 0.241 e. The van der Waals surface area contributed by atoms with Crippen LogP contribution in [0.5, 0.6) is 0 Å². The molecule has 18 heavy (non-hydrogen) atoms. The number of anilines is 1. The minimum Gasteiger partial charge on any atom is -0.279 e. The van der Waals surface area contributed by atoms with Crippen LogP contribution in [0.1, 0.15) is 25.7 Å². The number of fused-ring (bicyclic) bond motifs is 2. The summed E-state index contributed by atoms with van der Waals surface area (Å²) in [4.78, 5) is 12.2. The van der Waals surface area contributed by atoms with Crippen molar-refractivity contribution in [3.05, 3.63) is 42.0 Å². The zero-order chi connectivity index (χ0) is 12.4. The summed E-state index contributed by atoms with van der Waals surface area (Å²) < 4.78 is 0. The van der Waals surface area contributed by atoms with E-state index >= 15 is 0 Å². The lowest BCUT2D eigenvalue weighted by Gasteiger charge is -2.40. The summed E-state index contributed by atoms with van der Waals surface area (Å²) in [6, 6.07) is 10.2. The van der Waals surface area contributed by atoms with E-state index in [0.717, 1.165) is 38.0 Å². The van der Waals surface area contributed by atoms with E-state index in [-0.39, 0.29) is 5.91 Å². The molecule has 1 aromatic rings. The van der Waals surface area contributed by atoms with E-state index in [1.165, 1.54) is 5.57 Å². The average molecular weight is 242 g/mol. The highest BCUT2D eigenvalue weighted by Gasteiger charge is 2.26. The summed E-state index contributed by atoms with van der Waals surface area (Å²) in [6.45, 7) is 1.58. The lowest BCUT2D eigenvalue weighted by molar-refractivity contribution is -0.132. The summed E-state index contributed by atoms with van der Waals surface area (Å²) in [5, 5.41) is 4.01. The maximum absolute atomic E-state index is 12.2. The van der Waals surface area contributed by atoms with Crippen molar-refractivity contribution in [2.45, 2.75) is 25.7 Å². The third-order valence-electron chi connectivity index (χ3n) is 3.68. The van der Waals surface area contributed by atoms with Crippen molar-refractivity contribution in [3.63, 3.8) is 0 Å². The summed E-state index contributed by atoms with van der Waals surface area (Å²) in [5.41, 5.74) is 2.51. The number of hydrazine groups is 1. The van der Waals surface area contributed by atoms with Gasteiger partial charge in [0.2, 0.25) is 5.91 Å². The van der Waals surface area contributed by atoms with Gasteiger partial charge < -0.3 is 0 Å². The zero-order valence-corrected chi connectivity index (χ0v) is 10.5. The van der Waals surface area contributed by atoms with E-state index in [2.05, 4.69) is 23.2 Å². The highest BCUT2D eigenvalue weighted by molar-refractivity contribution is 5.79. The van der Waals surface area contributed by atoms with Gasteiger partial charge in [-0.25, -0.2) is 5.01 Å². The number of carbonyl (C=O) groups excluding carboxylic acids is 1. The van der Waals surface area contributed by atoms with Crippen molar-refractivity contribution in [1.29, 1.82) is 0 Å². The Morgan fingerprint density at radius 2 is 1.72 bits per heavy atom. The molecular weight excluding hydrogens is 224 g/mol. The Labute approximate surface area is 108 Å². The molecular formula is C15H18N2O. The van der Waals surface area contributed by atoms with Gasteiger partial charge in [-0.1, -0.05) is 29.8 Å². The second-order valence-corrected chi connectivity index (χ2v) is 4.94. The van der Waals surface area contributed by atoms with E-state index in [1.807, 2.05) is 23.2 Å². The van der Waals surface area contributed by atoms with Gasteiger partial charge in [-0.05, 0) is 31.4 Å². The molecule has 0 aromatic heterocycles. The Balaban J connectivity index is 1.91. The summed E-state index contributed by atoms with van der Waals surface area (Å²) in [6.07, 6.45) is 6.26. The number of nitrogens with zero attached hydrogens (tertiary/aromatic N) is 2. The van der Waals surface area contributed by atoms with E-state index in [4.69, 9.17) is 0 Å². The highest BCUT2D eigenvalue weighted by Crippen LogP contribution is 2.25. The molecule has 0 spiro atoms. The van der Waals surface area contributed by atoms with Crippen molar-refractivity contribution in [2.24, 2.45) is 0 Å². The monoisotopic (exact) mass is 242 g/mol. The molecule has 0 atom stereocenters. The van der Waals surface area contributed by atoms with E-state index in [1.54, 1.807) is 0 Å². The van der Waals surface area contributed by atoms with Gasteiger partial charge >= 0.3 is 0 Å². The highest BCUT2D eigenvalue weighted by atomic mass is 16.2. The first kappa shape index (κ1) is 11.3. The average Bonchev–Trinajstić information content (AvgIpc) is 2.43. The fourth-order valence-corrected chi connectivity index (χ4v) is 2.66. The molecule has 94 valence electrons. The van der Waals surface area contributed by atoms with Gasteiger partial charge in [0.25, 0.3) is 0 Å². The number of amides is 1. The van der Waals surface area contributed by atoms with Crippen molar-refractivity contribution in [2.75, 3.05) is 18.1 Å². The molecule has 2 heterocycles. The molecule has 1 amide bonds. The number of benzene rings is 1. The van der Waals surface area contributed by atoms with Crippen LogP contribution in [-0.2, 0) is 4.79 Å². The summed E-state index contributed by atoms with van der Waals surface area (Å²) >= 11 is 0. The van der Waals surface area contributed by atoms with Gasteiger partial charge in [0.15, 0.2) is 0 Å². The van der Waals surface area contributed by atoms with Gasteiger partial charge in [0.1, 0.15) is 0 Å². The lowest BCUT2D eigenvalue weighted by Crippen LogP contribution is -2.50. The first-order valence-electron chi connectivity index (χ1n) is 6.65. The molecule has 1 aromatic carbocycles. The normalized spacial score (nSPS) is 20.2. The van der Waals surface area contributed by atoms with Gasteiger partial charge in [0.05, 0.1) is 18.8 Å². The number of rotatable bonds is 1. The maximum Gasteiger partial charge on any atom is 0.241 e. The van der Waals surface area contributed by atoms with Crippen LogP contribution in [0.15, 0.2) is 42.0 Å².